The predicted molar refractivity (Wildman–Crippen MR) is 51.8 cm³/mol. The summed E-state index contributed by atoms with van der Waals surface area (Å²) >= 11 is 0. The summed E-state index contributed by atoms with van der Waals surface area (Å²) in [5, 5.41) is 21.2. The number of hydrogen-bond acceptors (Lipinski definition) is 4. The minimum atomic E-state index is -0.663. The molecule has 0 saturated carbocycles. The Bertz CT molecular complexity index is 188. The molecule has 3 N–H and O–H groups in total. The molecule has 5 nitrogen and oxygen atoms in total. The van der Waals surface area contributed by atoms with Crippen LogP contribution < -0.4 is 5.32 Å². The highest BCUT2D eigenvalue weighted by Crippen LogP contribution is 2.09. The first kappa shape index (κ1) is 11.4. The quantitative estimate of drug-likeness (QED) is 0.521. The molecule has 0 aromatic heterocycles. The van der Waals surface area contributed by atoms with Crippen molar-refractivity contribution in [3.63, 3.8) is 0 Å². The molecule has 1 aliphatic rings. The van der Waals surface area contributed by atoms with Crippen LogP contribution in [0.2, 0.25) is 0 Å². The van der Waals surface area contributed by atoms with Crippen LogP contribution in [0.15, 0.2) is 0 Å². The average Bonchev–Trinajstić information content (AvgIpc) is 2.44. The number of hydrogen-bond donors (Lipinski definition) is 3. The lowest BCUT2D eigenvalue weighted by molar-refractivity contribution is -0.121. The molecule has 0 spiro atoms. The fourth-order valence-electron chi connectivity index (χ4n) is 1.57. The van der Waals surface area contributed by atoms with Gasteiger partial charge in [-0.25, -0.2) is 0 Å². The molecule has 82 valence electrons. The summed E-state index contributed by atoms with van der Waals surface area (Å²) in [5.41, 5.74) is 0. The van der Waals surface area contributed by atoms with Gasteiger partial charge >= 0.3 is 0 Å². The van der Waals surface area contributed by atoms with Gasteiger partial charge in [-0.05, 0) is 6.92 Å². The molecule has 5 heteroatoms. The monoisotopic (exact) mass is 202 g/mol. The van der Waals surface area contributed by atoms with E-state index in [4.69, 9.17) is 0 Å². The normalized spacial score (nSPS) is 27.9. The van der Waals surface area contributed by atoms with E-state index in [1.807, 2.05) is 11.8 Å². The Morgan fingerprint density at radius 3 is 2.50 bits per heavy atom. The number of likely N-dealkylation sites (tertiary alicyclic amines) is 1. The molecule has 0 radical (unpaired) electrons. The number of carbonyl (C=O) groups excluding carboxylic acids is 1. The summed E-state index contributed by atoms with van der Waals surface area (Å²) in [7, 11) is 0. The first-order valence-electron chi connectivity index (χ1n) is 4.98. The summed E-state index contributed by atoms with van der Waals surface area (Å²) in [6, 6.07) is 0. The van der Waals surface area contributed by atoms with Gasteiger partial charge in [-0.15, -0.1) is 0 Å². The van der Waals surface area contributed by atoms with E-state index >= 15 is 0 Å². The summed E-state index contributed by atoms with van der Waals surface area (Å²) in [5.74, 6) is 0.0170. The number of β-amino-alcohol motifs (C(OH)–C–C–N with tert-alkyl or cyclic N) is 2. The largest absolute Gasteiger partial charge is 0.389 e. The third kappa shape index (κ3) is 3.25. The summed E-state index contributed by atoms with van der Waals surface area (Å²) in [4.78, 5) is 13.0. The Morgan fingerprint density at radius 2 is 2.00 bits per heavy atom. The van der Waals surface area contributed by atoms with E-state index < -0.39 is 12.2 Å². The van der Waals surface area contributed by atoms with Gasteiger partial charge < -0.3 is 15.5 Å². The lowest BCUT2D eigenvalue weighted by Crippen LogP contribution is -2.30. The molecule has 2 atom stereocenters. The number of carbonyl (C=O) groups is 1. The molecule has 0 aromatic carbocycles. The predicted octanol–water partition coefficient (Wildman–Crippen LogP) is -1.45. The molecule has 0 aliphatic carbocycles. The number of nitrogens with zero attached hydrogens (tertiary/aromatic N) is 1. The van der Waals surface area contributed by atoms with Crippen LogP contribution in [0.25, 0.3) is 0 Å². The van der Waals surface area contributed by atoms with Gasteiger partial charge in [0.25, 0.3) is 0 Å². The van der Waals surface area contributed by atoms with Crippen LogP contribution >= 0.6 is 0 Å². The number of rotatable bonds is 4. The van der Waals surface area contributed by atoms with Crippen LogP contribution in [0.4, 0.5) is 0 Å². The number of nitrogens with one attached hydrogen (secondary N) is 1. The van der Waals surface area contributed by atoms with Crippen molar-refractivity contribution in [1.29, 1.82) is 0 Å². The lowest BCUT2D eigenvalue weighted by atomic mass is 10.3. The van der Waals surface area contributed by atoms with Gasteiger partial charge in [0.05, 0.1) is 12.2 Å². The third-order valence-corrected chi connectivity index (χ3v) is 2.36. The number of aliphatic hydroxyl groups is 2. The van der Waals surface area contributed by atoms with E-state index in [1.54, 1.807) is 0 Å². The van der Waals surface area contributed by atoms with Crippen molar-refractivity contribution in [2.24, 2.45) is 0 Å². The van der Waals surface area contributed by atoms with E-state index in [-0.39, 0.29) is 5.91 Å². The van der Waals surface area contributed by atoms with Gasteiger partial charge in [0.15, 0.2) is 0 Å². The highest BCUT2D eigenvalue weighted by molar-refractivity contribution is 5.75. The molecule has 2 unspecified atom stereocenters. The molecular formula is C9H18N2O3. The second kappa shape index (κ2) is 5.29. The lowest BCUT2D eigenvalue weighted by Gasteiger charge is -2.13. The van der Waals surface area contributed by atoms with Crippen LogP contribution in [0.1, 0.15) is 13.3 Å². The summed E-state index contributed by atoms with van der Waals surface area (Å²) in [6.45, 7) is 4.03. The Labute approximate surface area is 83.7 Å². The first-order chi connectivity index (χ1) is 6.63. The highest BCUT2D eigenvalue weighted by atomic mass is 16.3. The minimum absolute atomic E-state index is 0.0170. The molecule has 1 heterocycles. The Morgan fingerprint density at radius 1 is 1.43 bits per heavy atom. The highest BCUT2D eigenvalue weighted by Gasteiger charge is 2.29. The van der Waals surface area contributed by atoms with Crippen LogP contribution in [0.5, 0.6) is 0 Å². The van der Waals surface area contributed by atoms with E-state index in [1.165, 1.54) is 0 Å². The van der Waals surface area contributed by atoms with Gasteiger partial charge in [-0.2, -0.15) is 0 Å². The molecule has 1 rings (SSSR count). The number of aliphatic hydroxyl groups excluding tert-OH is 2. The van der Waals surface area contributed by atoms with Crippen molar-refractivity contribution >= 4 is 5.91 Å². The van der Waals surface area contributed by atoms with Gasteiger partial charge in [0, 0.05) is 32.6 Å². The van der Waals surface area contributed by atoms with Gasteiger partial charge in [0.1, 0.15) is 0 Å². The molecule has 1 amide bonds. The van der Waals surface area contributed by atoms with Gasteiger partial charge in [-0.3, -0.25) is 9.69 Å². The number of amides is 1. The fraction of sp³-hybridized carbons (Fsp3) is 0.889. The Kier molecular flexibility index (Phi) is 4.31. The van der Waals surface area contributed by atoms with Crippen LogP contribution in [-0.4, -0.2) is 59.4 Å². The standard InChI is InChI=1S/C9H18N2O3/c1-2-10-9(14)3-4-11-5-7(12)8(13)6-11/h7-8,12-13H,2-6H2,1H3,(H,10,14). The van der Waals surface area contributed by atoms with Gasteiger partial charge in [0.2, 0.25) is 5.91 Å². The van der Waals surface area contributed by atoms with Crippen LogP contribution in [0.3, 0.4) is 0 Å². The maximum absolute atomic E-state index is 11.1. The molecule has 1 saturated heterocycles. The van der Waals surface area contributed by atoms with Crippen molar-refractivity contribution < 1.29 is 15.0 Å². The maximum Gasteiger partial charge on any atom is 0.221 e. The van der Waals surface area contributed by atoms with E-state index in [0.717, 1.165) is 0 Å². The van der Waals surface area contributed by atoms with Gasteiger partial charge in [-0.1, -0.05) is 0 Å². The van der Waals surface area contributed by atoms with E-state index in [2.05, 4.69) is 5.32 Å². The Balaban J connectivity index is 2.17. The zero-order valence-electron chi connectivity index (χ0n) is 8.44. The topological polar surface area (TPSA) is 72.8 Å². The SMILES string of the molecule is CCNC(=O)CCN1CC(O)C(O)C1. The summed E-state index contributed by atoms with van der Waals surface area (Å²) in [6.07, 6.45) is -0.902. The van der Waals surface area contributed by atoms with Crippen LogP contribution in [0, 0.1) is 0 Å². The first-order valence-corrected chi connectivity index (χ1v) is 4.98. The van der Waals surface area contributed by atoms with Crippen molar-refractivity contribution in [3.05, 3.63) is 0 Å². The maximum atomic E-state index is 11.1. The molecule has 1 fully saturated rings. The zero-order valence-corrected chi connectivity index (χ0v) is 8.44. The van der Waals surface area contributed by atoms with E-state index in [0.29, 0.717) is 32.6 Å². The Hall–Kier alpha value is -0.650. The van der Waals surface area contributed by atoms with E-state index in [9.17, 15) is 15.0 Å². The molecule has 0 bridgehead atoms. The second-order valence-electron chi connectivity index (χ2n) is 3.60. The summed E-state index contributed by atoms with van der Waals surface area (Å²) < 4.78 is 0. The average molecular weight is 202 g/mol. The third-order valence-electron chi connectivity index (χ3n) is 2.36. The molecule has 1 aliphatic heterocycles. The fourth-order valence-corrected chi connectivity index (χ4v) is 1.57. The molecule has 14 heavy (non-hydrogen) atoms. The van der Waals surface area contributed by atoms with Crippen molar-refractivity contribution in [3.8, 4) is 0 Å². The minimum Gasteiger partial charge on any atom is -0.389 e. The second-order valence-corrected chi connectivity index (χ2v) is 3.60. The van der Waals surface area contributed by atoms with Crippen molar-refractivity contribution in [2.45, 2.75) is 25.6 Å². The van der Waals surface area contributed by atoms with Crippen LogP contribution in [-0.2, 0) is 4.79 Å². The smallest absolute Gasteiger partial charge is 0.221 e. The molecule has 0 aromatic rings. The zero-order chi connectivity index (χ0) is 10.6. The van der Waals surface area contributed by atoms with Crippen molar-refractivity contribution in [2.75, 3.05) is 26.2 Å². The van der Waals surface area contributed by atoms with Crippen molar-refractivity contribution in [1.82, 2.24) is 10.2 Å². The molecular weight excluding hydrogens is 184 g/mol.